The van der Waals surface area contributed by atoms with Crippen LogP contribution in [0.1, 0.15) is 31.8 Å². The number of phenolic OH excluding ortho intramolecular Hbond substituents is 2. The molecule has 4 heteroatoms. The van der Waals surface area contributed by atoms with Gasteiger partial charge in [-0.2, -0.15) is 0 Å². The van der Waals surface area contributed by atoms with Crippen molar-refractivity contribution in [3.05, 3.63) is 69.8 Å². The fraction of sp³-hybridized carbons (Fsp3) is 0. The monoisotopic (exact) mass is 290 g/mol. The van der Waals surface area contributed by atoms with E-state index in [-0.39, 0.29) is 45.3 Å². The minimum Gasteiger partial charge on any atom is -0.507 e. The predicted octanol–water partition coefficient (Wildman–Crippen LogP) is 2.96. The number of carbonyl (C=O) groups is 2. The molecule has 0 radical (unpaired) electrons. The van der Waals surface area contributed by atoms with E-state index in [1.54, 1.807) is 36.4 Å². The lowest BCUT2D eigenvalue weighted by molar-refractivity contribution is 0.0991. The summed E-state index contributed by atoms with van der Waals surface area (Å²) in [6.07, 6.45) is 3.17. The summed E-state index contributed by atoms with van der Waals surface area (Å²) in [5.74, 6) is -0.971. The Morgan fingerprint density at radius 2 is 1.05 bits per heavy atom. The van der Waals surface area contributed by atoms with Crippen LogP contribution < -0.4 is 0 Å². The molecule has 0 aliphatic heterocycles. The molecular weight excluding hydrogens is 280 g/mol. The number of Topliss-reactive ketones (excluding diaryl/α,β-unsaturated/α-hetero) is 2. The average Bonchev–Trinajstić information content (AvgIpc) is 2.49. The number of aromatic hydroxyl groups is 2. The van der Waals surface area contributed by atoms with Crippen molar-refractivity contribution in [2.45, 2.75) is 0 Å². The minimum atomic E-state index is -0.382. The number of hydrogen-bond donors (Lipinski definition) is 2. The molecule has 0 aromatic heterocycles. The fourth-order valence-electron chi connectivity index (χ4n) is 2.96. The SMILES string of the molecule is O=C1C2=Cc3cccc(O)c3C(=O)C2=Cc2cccc(O)c21. The zero-order valence-corrected chi connectivity index (χ0v) is 11.3. The van der Waals surface area contributed by atoms with Crippen LogP contribution in [0.2, 0.25) is 0 Å². The molecule has 2 aromatic rings. The van der Waals surface area contributed by atoms with Gasteiger partial charge in [0.15, 0.2) is 11.6 Å². The molecule has 106 valence electrons. The highest BCUT2D eigenvalue weighted by atomic mass is 16.3. The molecule has 2 aliphatic carbocycles. The highest BCUT2D eigenvalue weighted by molar-refractivity contribution is 6.33. The van der Waals surface area contributed by atoms with E-state index in [1.807, 2.05) is 0 Å². The number of phenols is 2. The Hall–Kier alpha value is -3.14. The number of fused-ring (bicyclic) bond motifs is 3. The lowest BCUT2D eigenvalue weighted by Gasteiger charge is -2.23. The zero-order valence-electron chi connectivity index (χ0n) is 11.3. The van der Waals surface area contributed by atoms with Crippen molar-refractivity contribution >= 4 is 23.7 Å². The Bertz CT molecular complexity index is 855. The fourth-order valence-corrected chi connectivity index (χ4v) is 2.96. The molecular formula is C18H10O4. The van der Waals surface area contributed by atoms with E-state index in [9.17, 15) is 19.8 Å². The van der Waals surface area contributed by atoms with Gasteiger partial charge < -0.3 is 10.2 Å². The zero-order chi connectivity index (χ0) is 15.4. The van der Waals surface area contributed by atoms with Gasteiger partial charge in [-0.3, -0.25) is 9.59 Å². The second-order valence-electron chi connectivity index (χ2n) is 5.26. The predicted molar refractivity (Wildman–Crippen MR) is 80.8 cm³/mol. The second-order valence-corrected chi connectivity index (χ2v) is 5.26. The molecule has 4 rings (SSSR count). The van der Waals surface area contributed by atoms with Crippen molar-refractivity contribution in [1.82, 2.24) is 0 Å². The largest absolute Gasteiger partial charge is 0.507 e. The highest BCUT2D eigenvalue weighted by Gasteiger charge is 2.35. The Balaban J connectivity index is 2.04. The molecule has 2 aliphatic rings. The molecule has 2 N–H and O–H groups in total. The van der Waals surface area contributed by atoms with Gasteiger partial charge >= 0.3 is 0 Å². The van der Waals surface area contributed by atoms with Gasteiger partial charge in [-0.15, -0.1) is 0 Å². The van der Waals surface area contributed by atoms with Crippen molar-refractivity contribution in [2.24, 2.45) is 0 Å². The number of carbonyl (C=O) groups excluding carboxylic acids is 2. The van der Waals surface area contributed by atoms with E-state index in [2.05, 4.69) is 0 Å². The van der Waals surface area contributed by atoms with E-state index in [4.69, 9.17) is 0 Å². The van der Waals surface area contributed by atoms with Gasteiger partial charge in [-0.1, -0.05) is 24.3 Å². The standard InChI is InChI=1S/C18H10O4/c19-13-5-1-3-9-7-11-12(17(21)15(9)13)8-10-4-2-6-14(20)16(10)18(11)22/h1-8,19-20H. The topological polar surface area (TPSA) is 74.6 Å². The number of hydrogen-bond acceptors (Lipinski definition) is 4. The van der Waals surface area contributed by atoms with Crippen LogP contribution in [0.5, 0.6) is 11.5 Å². The van der Waals surface area contributed by atoms with Crippen molar-refractivity contribution in [3.8, 4) is 11.5 Å². The van der Waals surface area contributed by atoms with Crippen LogP contribution in [0, 0.1) is 0 Å². The van der Waals surface area contributed by atoms with Crippen LogP contribution in [0.15, 0.2) is 47.5 Å². The maximum Gasteiger partial charge on any atom is 0.198 e. The molecule has 0 saturated heterocycles. The van der Waals surface area contributed by atoms with Gasteiger partial charge in [0, 0.05) is 11.1 Å². The maximum absolute atomic E-state index is 12.6. The van der Waals surface area contributed by atoms with E-state index in [1.165, 1.54) is 12.1 Å². The molecule has 0 unspecified atom stereocenters. The molecule has 0 bridgehead atoms. The quantitative estimate of drug-likeness (QED) is 0.782. The Kier molecular flexibility index (Phi) is 2.39. The molecule has 0 fully saturated rings. The summed E-state index contributed by atoms with van der Waals surface area (Å²) >= 11 is 0. The van der Waals surface area contributed by atoms with Crippen LogP contribution in [0.25, 0.3) is 12.2 Å². The molecule has 0 saturated carbocycles. The van der Waals surface area contributed by atoms with Crippen LogP contribution >= 0.6 is 0 Å². The van der Waals surface area contributed by atoms with Crippen LogP contribution in [-0.2, 0) is 0 Å². The van der Waals surface area contributed by atoms with Crippen LogP contribution in [-0.4, -0.2) is 21.8 Å². The summed E-state index contributed by atoms with van der Waals surface area (Å²) in [5, 5.41) is 19.8. The number of rotatable bonds is 0. The first-order valence-electron chi connectivity index (χ1n) is 6.75. The van der Waals surface area contributed by atoms with Crippen molar-refractivity contribution in [1.29, 1.82) is 0 Å². The smallest absolute Gasteiger partial charge is 0.198 e. The first-order chi connectivity index (χ1) is 10.6. The Morgan fingerprint density at radius 3 is 1.45 bits per heavy atom. The van der Waals surface area contributed by atoms with Gasteiger partial charge in [0.2, 0.25) is 0 Å². The third-order valence-corrected chi connectivity index (χ3v) is 3.98. The summed E-state index contributed by atoms with van der Waals surface area (Å²) in [6, 6.07) is 9.47. The van der Waals surface area contributed by atoms with Crippen LogP contribution in [0.4, 0.5) is 0 Å². The Morgan fingerprint density at radius 1 is 0.636 bits per heavy atom. The van der Waals surface area contributed by atoms with E-state index >= 15 is 0 Å². The van der Waals surface area contributed by atoms with Gasteiger partial charge in [0.05, 0.1) is 11.1 Å². The molecule has 0 atom stereocenters. The number of benzene rings is 2. The lowest BCUT2D eigenvalue weighted by atomic mass is 9.78. The molecule has 0 spiro atoms. The molecule has 0 amide bonds. The minimum absolute atomic E-state index is 0.104. The summed E-state index contributed by atoms with van der Waals surface area (Å²) in [6.45, 7) is 0. The summed E-state index contributed by atoms with van der Waals surface area (Å²) in [5.41, 5.74) is 1.91. The van der Waals surface area contributed by atoms with Gasteiger partial charge in [0.1, 0.15) is 11.5 Å². The summed E-state index contributed by atoms with van der Waals surface area (Å²) in [7, 11) is 0. The van der Waals surface area contributed by atoms with Gasteiger partial charge in [-0.25, -0.2) is 0 Å². The van der Waals surface area contributed by atoms with Gasteiger partial charge in [-0.05, 0) is 35.4 Å². The molecule has 22 heavy (non-hydrogen) atoms. The molecule has 0 heterocycles. The third-order valence-electron chi connectivity index (χ3n) is 3.98. The maximum atomic E-state index is 12.6. The molecule has 4 nitrogen and oxygen atoms in total. The van der Waals surface area contributed by atoms with Crippen molar-refractivity contribution in [3.63, 3.8) is 0 Å². The summed E-state index contributed by atoms with van der Waals surface area (Å²) in [4.78, 5) is 25.3. The molecule has 2 aromatic carbocycles. The van der Waals surface area contributed by atoms with E-state index in [0.29, 0.717) is 11.1 Å². The first-order valence-corrected chi connectivity index (χ1v) is 6.75. The van der Waals surface area contributed by atoms with Crippen molar-refractivity contribution in [2.75, 3.05) is 0 Å². The first kappa shape index (κ1) is 12.6. The summed E-state index contributed by atoms with van der Waals surface area (Å²) < 4.78 is 0. The average molecular weight is 290 g/mol. The van der Waals surface area contributed by atoms with E-state index < -0.39 is 0 Å². The number of allylic oxidation sites excluding steroid dienone is 2. The van der Waals surface area contributed by atoms with Crippen LogP contribution in [0.3, 0.4) is 0 Å². The number of ketones is 2. The van der Waals surface area contributed by atoms with Gasteiger partial charge in [0.25, 0.3) is 0 Å². The second kappa shape index (κ2) is 4.18. The lowest BCUT2D eigenvalue weighted by Crippen LogP contribution is -2.21. The third kappa shape index (κ3) is 1.52. The van der Waals surface area contributed by atoms with E-state index in [0.717, 1.165) is 0 Å². The normalized spacial score (nSPS) is 15.5. The Labute approximate surface area is 125 Å². The van der Waals surface area contributed by atoms with Crippen molar-refractivity contribution < 1.29 is 19.8 Å². The highest BCUT2D eigenvalue weighted by Crippen LogP contribution is 2.40.